The summed E-state index contributed by atoms with van der Waals surface area (Å²) in [7, 11) is 0. The van der Waals surface area contributed by atoms with E-state index in [0.29, 0.717) is 16.5 Å². The number of esters is 1. The summed E-state index contributed by atoms with van der Waals surface area (Å²) in [6, 6.07) is 9.18. The number of ether oxygens (including phenoxy) is 1. The molecule has 0 amide bonds. The minimum atomic E-state index is -4.68. The van der Waals surface area contributed by atoms with Crippen LogP contribution in [0.1, 0.15) is 52.4 Å². The van der Waals surface area contributed by atoms with Crippen LogP contribution < -0.4 is 5.63 Å². The van der Waals surface area contributed by atoms with E-state index in [1.54, 1.807) is 6.07 Å². The van der Waals surface area contributed by atoms with Crippen LogP contribution in [0, 0.1) is 6.92 Å². The lowest BCUT2D eigenvalue weighted by Gasteiger charge is -2.14. The van der Waals surface area contributed by atoms with Gasteiger partial charge in [-0.15, -0.1) is 0 Å². The zero-order chi connectivity index (χ0) is 21.3. The van der Waals surface area contributed by atoms with Crippen molar-refractivity contribution < 1.29 is 27.1 Å². The quantitative estimate of drug-likeness (QED) is 0.420. The van der Waals surface area contributed by atoms with E-state index in [0.717, 1.165) is 23.3 Å². The third kappa shape index (κ3) is 4.34. The van der Waals surface area contributed by atoms with Crippen molar-refractivity contribution in [2.75, 3.05) is 0 Å². The second kappa shape index (κ2) is 7.73. The smallest absolute Gasteiger partial charge is 0.417 e. The Morgan fingerprint density at radius 1 is 1.14 bits per heavy atom. The molecule has 0 radical (unpaired) electrons. The molecule has 0 spiro atoms. The van der Waals surface area contributed by atoms with E-state index in [2.05, 4.69) is 0 Å². The standard InChI is InChI=1S/C22H19F3O4/c1-12(2)16-10-17-14(9-20(26)29-19(17)8-13(16)3)11-28-21(27)15-6-4-5-7-18(15)22(23,24)25/h4-10,12H,11H2,1-3H3. The van der Waals surface area contributed by atoms with Gasteiger partial charge in [0.05, 0.1) is 11.1 Å². The van der Waals surface area contributed by atoms with Crippen LogP contribution in [0.25, 0.3) is 11.0 Å². The number of aryl methyl sites for hydroxylation is 1. The fourth-order valence-electron chi connectivity index (χ4n) is 3.26. The Morgan fingerprint density at radius 2 is 1.83 bits per heavy atom. The summed E-state index contributed by atoms with van der Waals surface area (Å²) in [6.07, 6.45) is -4.68. The predicted octanol–water partition coefficient (Wildman–Crippen LogP) is 5.60. The van der Waals surface area contributed by atoms with Crippen molar-refractivity contribution in [1.29, 1.82) is 0 Å². The zero-order valence-corrected chi connectivity index (χ0v) is 16.1. The second-order valence-corrected chi connectivity index (χ2v) is 7.07. The molecule has 0 unspecified atom stereocenters. The highest BCUT2D eigenvalue weighted by molar-refractivity contribution is 5.91. The molecule has 0 bridgehead atoms. The van der Waals surface area contributed by atoms with Crippen molar-refractivity contribution in [1.82, 2.24) is 0 Å². The molecule has 0 aliphatic heterocycles. The Balaban J connectivity index is 1.96. The molecule has 0 saturated heterocycles. The normalized spacial score (nSPS) is 11.8. The summed E-state index contributed by atoms with van der Waals surface area (Å²) in [5.41, 5.74) is 0.407. The molecule has 0 atom stereocenters. The average Bonchev–Trinajstić information content (AvgIpc) is 2.64. The predicted molar refractivity (Wildman–Crippen MR) is 102 cm³/mol. The van der Waals surface area contributed by atoms with Gasteiger partial charge in [0.25, 0.3) is 0 Å². The van der Waals surface area contributed by atoms with E-state index in [1.807, 2.05) is 26.8 Å². The van der Waals surface area contributed by atoms with Crippen LogP contribution in [0.3, 0.4) is 0 Å². The van der Waals surface area contributed by atoms with Crippen LogP contribution >= 0.6 is 0 Å². The largest absolute Gasteiger partial charge is 0.457 e. The number of carbonyl (C=O) groups excluding carboxylic acids is 1. The van der Waals surface area contributed by atoms with Crippen LogP contribution in [0.15, 0.2) is 51.7 Å². The topological polar surface area (TPSA) is 56.5 Å². The first kappa shape index (κ1) is 20.6. The van der Waals surface area contributed by atoms with Gasteiger partial charge in [0, 0.05) is 17.0 Å². The number of carbonyl (C=O) groups is 1. The summed E-state index contributed by atoms with van der Waals surface area (Å²) in [4.78, 5) is 24.2. The van der Waals surface area contributed by atoms with Crippen molar-refractivity contribution in [2.24, 2.45) is 0 Å². The molecular formula is C22H19F3O4. The maximum atomic E-state index is 13.1. The van der Waals surface area contributed by atoms with Gasteiger partial charge in [0.15, 0.2) is 0 Å². The maximum Gasteiger partial charge on any atom is 0.417 e. The minimum absolute atomic E-state index is 0.209. The molecule has 0 N–H and O–H groups in total. The number of benzene rings is 2. The van der Waals surface area contributed by atoms with E-state index in [1.165, 1.54) is 18.2 Å². The van der Waals surface area contributed by atoms with Gasteiger partial charge in [-0.1, -0.05) is 26.0 Å². The molecule has 4 nitrogen and oxygen atoms in total. The summed E-state index contributed by atoms with van der Waals surface area (Å²) in [5, 5.41) is 0.579. The molecule has 3 aromatic rings. The Bertz CT molecular complexity index is 1130. The van der Waals surface area contributed by atoms with E-state index in [9.17, 15) is 22.8 Å². The Hall–Kier alpha value is -3.09. The van der Waals surface area contributed by atoms with E-state index in [-0.39, 0.29) is 12.5 Å². The third-order valence-corrected chi connectivity index (χ3v) is 4.65. The highest BCUT2D eigenvalue weighted by atomic mass is 19.4. The lowest BCUT2D eigenvalue weighted by molar-refractivity contribution is -0.138. The van der Waals surface area contributed by atoms with Crippen LogP contribution in [-0.2, 0) is 17.5 Å². The van der Waals surface area contributed by atoms with Crippen molar-refractivity contribution in [3.63, 3.8) is 0 Å². The van der Waals surface area contributed by atoms with Crippen molar-refractivity contribution in [3.8, 4) is 0 Å². The Morgan fingerprint density at radius 3 is 2.48 bits per heavy atom. The van der Waals surface area contributed by atoms with Crippen LogP contribution in [0.4, 0.5) is 13.2 Å². The van der Waals surface area contributed by atoms with Crippen LogP contribution in [-0.4, -0.2) is 5.97 Å². The highest BCUT2D eigenvalue weighted by Gasteiger charge is 2.35. The number of rotatable bonds is 4. The molecule has 0 aliphatic carbocycles. The first-order valence-corrected chi connectivity index (χ1v) is 8.98. The van der Waals surface area contributed by atoms with Gasteiger partial charge < -0.3 is 9.15 Å². The molecule has 0 aliphatic rings. The fourth-order valence-corrected chi connectivity index (χ4v) is 3.26. The molecule has 0 fully saturated rings. The van der Waals surface area contributed by atoms with Gasteiger partial charge in [-0.25, -0.2) is 9.59 Å². The molecule has 1 aromatic heterocycles. The average molecular weight is 404 g/mol. The van der Waals surface area contributed by atoms with Gasteiger partial charge in [-0.2, -0.15) is 13.2 Å². The first-order valence-electron chi connectivity index (χ1n) is 8.98. The van der Waals surface area contributed by atoms with E-state index >= 15 is 0 Å². The zero-order valence-electron chi connectivity index (χ0n) is 16.1. The molecule has 2 aromatic carbocycles. The Labute approximate surface area is 164 Å². The minimum Gasteiger partial charge on any atom is -0.457 e. The van der Waals surface area contributed by atoms with Crippen molar-refractivity contribution in [3.05, 3.63) is 80.7 Å². The fraction of sp³-hybridized carbons (Fsp3) is 0.273. The molecule has 3 rings (SSSR count). The first-order chi connectivity index (χ1) is 13.6. The summed E-state index contributed by atoms with van der Waals surface area (Å²) in [5.74, 6) is -0.907. The molecule has 1 heterocycles. The summed E-state index contributed by atoms with van der Waals surface area (Å²) < 4.78 is 49.7. The molecule has 29 heavy (non-hydrogen) atoms. The summed E-state index contributed by atoms with van der Waals surface area (Å²) in [6.45, 7) is 5.57. The van der Waals surface area contributed by atoms with Crippen LogP contribution in [0.2, 0.25) is 0 Å². The number of hydrogen-bond donors (Lipinski definition) is 0. The Kier molecular flexibility index (Phi) is 5.50. The number of fused-ring (bicyclic) bond motifs is 1. The van der Waals surface area contributed by atoms with Gasteiger partial charge in [0.1, 0.15) is 12.2 Å². The number of halogens is 3. The van der Waals surface area contributed by atoms with Gasteiger partial charge >= 0.3 is 17.8 Å². The molecule has 152 valence electrons. The lowest BCUT2D eigenvalue weighted by Crippen LogP contribution is -2.15. The monoisotopic (exact) mass is 404 g/mol. The highest BCUT2D eigenvalue weighted by Crippen LogP contribution is 2.32. The van der Waals surface area contributed by atoms with Crippen LogP contribution in [0.5, 0.6) is 0 Å². The van der Waals surface area contributed by atoms with Gasteiger partial charge in [-0.3, -0.25) is 0 Å². The maximum absolute atomic E-state index is 13.1. The number of hydrogen-bond acceptors (Lipinski definition) is 4. The molecule has 0 saturated carbocycles. The SMILES string of the molecule is Cc1cc2oc(=O)cc(COC(=O)c3ccccc3C(F)(F)F)c2cc1C(C)C. The van der Waals surface area contributed by atoms with E-state index < -0.39 is 28.9 Å². The van der Waals surface area contributed by atoms with Gasteiger partial charge in [0.2, 0.25) is 0 Å². The molecular weight excluding hydrogens is 385 g/mol. The van der Waals surface area contributed by atoms with Gasteiger partial charge in [-0.05, 0) is 48.2 Å². The number of alkyl halides is 3. The van der Waals surface area contributed by atoms with E-state index in [4.69, 9.17) is 9.15 Å². The third-order valence-electron chi connectivity index (χ3n) is 4.65. The lowest BCUT2D eigenvalue weighted by atomic mass is 9.95. The summed E-state index contributed by atoms with van der Waals surface area (Å²) >= 11 is 0. The molecule has 7 heteroatoms. The van der Waals surface area contributed by atoms with Crippen molar-refractivity contribution in [2.45, 2.75) is 39.5 Å². The second-order valence-electron chi connectivity index (χ2n) is 7.07. The van der Waals surface area contributed by atoms with Crippen molar-refractivity contribution >= 4 is 16.9 Å².